The summed E-state index contributed by atoms with van der Waals surface area (Å²) in [5, 5.41) is 3.12. The lowest BCUT2D eigenvalue weighted by atomic mass is 10.2. The number of halogens is 2. The molecule has 2 aromatic carbocycles. The zero-order valence-corrected chi connectivity index (χ0v) is 16.8. The van der Waals surface area contributed by atoms with E-state index in [0.717, 1.165) is 16.4 Å². The maximum Gasteiger partial charge on any atom is 0.246 e. The standard InChI is InChI=1S/C20H18ClFN2O4S/c21-17-8-2-1-6-15(17)12-23-20(25)14-24(13-16-7-5-11-28-16)29(26,27)19-10-4-3-9-18(19)22/h1-11H,12-14H2,(H,23,25). The first kappa shape index (κ1) is 21.0. The first-order valence-corrected chi connectivity index (χ1v) is 10.5. The van der Waals surface area contributed by atoms with E-state index in [9.17, 15) is 17.6 Å². The maximum atomic E-state index is 14.1. The van der Waals surface area contributed by atoms with Crippen molar-refractivity contribution in [2.45, 2.75) is 18.0 Å². The molecule has 1 N–H and O–H groups in total. The van der Waals surface area contributed by atoms with Crippen LogP contribution in [0, 0.1) is 5.82 Å². The summed E-state index contributed by atoms with van der Waals surface area (Å²) in [5.41, 5.74) is 0.692. The summed E-state index contributed by atoms with van der Waals surface area (Å²) in [7, 11) is -4.28. The molecule has 0 aliphatic carbocycles. The van der Waals surface area contributed by atoms with E-state index in [1.807, 2.05) is 0 Å². The van der Waals surface area contributed by atoms with Crippen LogP contribution in [0.3, 0.4) is 0 Å². The smallest absolute Gasteiger partial charge is 0.246 e. The molecule has 9 heteroatoms. The van der Waals surface area contributed by atoms with E-state index in [1.165, 1.54) is 18.4 Å². The van der Waals surface area contributed by atoms with Gasteiger partial charge in [-0.3, -0.25) is 4.79 Å². The van der Waals surface area contributed by atoms with Gasteiger partial charge in [0.15, 0.2) is 0 Å². The lowest BCUT2D eigenvalue weighted by Crippen LogP contribution is -2.40. The highest BCUT2D eigenvalue weighted by atomic mass is 35.5. The van der Waals surface area contributed by atoms with Crippen LogP contribution in [0.15, 0.2) is 76.2 Å². The maximum absolute atomic E-state index is 14.1. The van der Waals surface area contributed by atoms with E-state index in [1.54, 1.807) is 36.4 Å². The second-order valence-electron chi connectivity index (χ2n) is 6.15. The molecular weight excluding hydrogens is 419 g/mol. The van der Waals surface area contributed by atoms with Crippen LogP contribution in [-0.4, -0.2) is 25.2 Å². The van der Waals surface area contributed by atoms with Crippen LogP contribution < -0.4 is 5.32 Å². The lowest BCUT2D eigenvalue weighted by molar-refractivity contribution is -0.121. The highest BCUT2D eigenvalue weighted by Crippen LogP contribution is 2.21. The van der Waals surface area contributed by atoms with Gasteiger partial charge in [0.05, 0.1) is 19.4 Å². The topological polar surface area (TPSA) is 79.6 Å². The minimum absolute atomic E-state index is 0.132. The second kappa shape index (κ2) is 9.21. The average Bonchev–Trinajstić information content (AvgIpc) is 3.20. The first-order chi connectivity index (χ1) is 13.9. The molecule has 0 unspecified atom stereocenters. The predicted octanol–water partition coefficient (Wildman–Crippen LogP) is 3.58. The predicted molar refractivity (Wildman–Crippen MR) is 106 cm³/mol. The number of hydrogen-bond acceptors (Lipinski definition) is 4. The minimum atomic E-state index is -4.28. The third-order valence-electron chi connectivity index (χ3n) is 4.12. The fourth-order valence-corrected chi connectivity index (χ4v) is 4.28. The van der Waals surface area contributed by atoms with Gasteiger partial charge < -0.3 is 9.73 Å². The summed E-state index contributed by atoms with van der Waals surface area (Å²) >= 11 is 6.07. The van der Waals surface area contributed by atoms with E-state index in [2.05, 4.69) is 5.32 Å². The number of benzene rings is 2. The molecule has 3 aromatic rings. The van der Waals surface area contributed by atoms with Crippen molar-refractivity contribution in [2.24, 2.45) is 0 Å². The van der Waals surface area contributed by atoms with Gasteiger partial charge in [0.2, 0.25) is 15.9 Å². The number of nitrogens with one attached hydrogen (secondary N) is 1. The van der Waals surface area contributed by atoms with Gasteiger partial charge in [-0.1, -0.05) is 41.9 Å². The molecule has 0 bridgehead atoms. The zero-order chi connectivity index (χ0) is 20.9. The van der Waals surface area contributed by atoms with Gasteiger partial charge in [0.25, 0.3) is 0 Å². The normalized spacial score (nSPS) is 11.6. The number of hydrogen-bond donors (Lipinski definition) is 1. The van der Waals surface area contributed by atoms with Gasteiger partial charge in [-0.25, -0.2) is 12.8 Å². The zero-order valence-electron chi connectivity index (χ0n) is 15.2. The molecular formula is C20H18ClFN2O4S. The molecule has 1 aromatic heterocycles. The quantitative estimate of drug-likeness (QED) is 0.585. The van der Waals surface area contributed by atoms with E-state index >= 15 is 0 Å². The molecule has 152 valence electrons. The van der Waals surface area contributed by atoms with Gasteiger partial charge in [0.1, 0.15) is 16.5 Å². The second-order valence-corrected chi connectivity index (χ2v) is 8.46. The Kier molecular flexibility index (Phi) is 6.68. The Bertz CT molecular complexity index is 1090. The summed E-state index contributed by atoms with van der Waals surface area (Å²) in [6.45, 7) is -0.599. The number of furan rings is 1. The third kappa shape index (κ3) is 5.23. The lowest BCUT2D eigenvalue weighted by Gasteiger charge is -2.21. The highest BCUT2D eigenvalue weighted by Gasteiger charge is 2.30. The van der Waals surface area contributed by atoms with Crippen molar-refractivity contribution >= 4 is 27.5 Å². The Morgan fingerprint density at radius 1 is 1.07 bits per heavy atom. The molecule has 1 heterocycles. The first-order valence-electron chi connectivity index (χ1n) is 8.65. The number of rotatable bonds is 8. The van der Waals surface area contributed by atoms with Crippen molar-refractivity contribution in [2.75, 3.05) is 6.54 Å². The van der Waals surface area contributed by atoms with Gasteiger partial charge in [-0.05, 0) is 35.9 Å². The molecule has 6 nitrogen and oxygen atoms in total. The monoisotopic (exact) mass is 436 g/mol. The van der Waals surface area contributed by atoms with Gasteiger partial charge in [-0.15, -0.1) is 0 Å². The van der Waals surface area contributed by atoms with Crippen LogP contribution in [0.4, 0.5) is 4.39 Å². The molecule has 0 saturated carbocycles. The van der Waals surface area contributed by atoms with Crippen molar-refractivity contribution in [3.8, 4) is 0 Å². The van der Waals surface area contributed by atoms with E-state index in [0.29, 0.717) is 16.3 Å². The number of amides is 1. The Balaban J connectivity index is 1.79. The van der Waals surface area contributed by atoms with Crippen molar-refractivity contribution in [3.05, 3.63) is 89.1 Å². The van der Waals surface area contributed by atoms with Crippen LogP contribution in [0.25, 0.3) is 0 Å². The summed E-state index contributed by atoms with van der Waals surface area (Å²) in [5.74, 6) is -1.13. The average molecular weight is 437 g/mol. The number of sulfonamides is 1. The van der Waals surface area contributed by atoms with Crippen molar-refractivity contribution in [3.63, 3.8) is 0 Å². The van der Waals surface area contributed by atoms with Crippen LogP contribution in [-0.2, 0) is 27.9 Å². The van der Waals surface area contributed by atoms with Crippen molar-refractivity contribution in [1.82, 2.24) is 9.62 Å². The van der Waals surface area contributed by atoms with Crippen molar-refractivity contribution < 1.29 is 22.0 Å². The van der Waals surface area contributed by atoms with Crippen LogP contribution in [0.2, 0.25) is 5.02 Å². The molecule has 0 saturated heterocycles. The molecule has 0 radical (unpaired) electrons. The molecule has 3 rings (SSSR count). The third-order valence-corrected chi connectivity index (χ3v) is 6.31. The summed E-state index contributed by atoms with van der Waals surface area (Å²) in [6, 6.07) is 15.2. The fraction of sp³-hybridized carbons (Fsp3) is 0.150. The summed E-state index contributed by atoms with van der Waals surface area (Å²) < 4.78 is 46.2. The summed E-state index contributed by atoms with van der Waals surface area (Å²) in [6.07, 6.45) is 1.39. The Morgan fingerprint density at radius 2 is 1.79 bits per heavy atom. The summed E-state index contributed by atoms with van der Waals surface area (Å²) in [4.78, 5) is 11.9. The molecule has 1 amide bonds. The highest BCUT2D eigenvalue weighted by molar-refractivity contribution is 7.89. The Morgan fingerprint density at radius 3 is 2.48 bits per heavy atom. The SMILES string of the molecule is O=C(CN(Cc1ccco1)S(=O)(=O)c1ccccc1F)NCc1ccccc1Cl. The Labute approximate surface area is 173 Å². The van der Waals surface area contributed by atoms with Gasteiger partial charge in [-0.2, -0.15) is 4.31 Å². The van der Waals surface area contributed by atoms with Gasteiger partial charge in [0, 0.05) is 11.6 Å². The van der Waals surface area contributed by atoms with E-state index in [-0.39, 0.29) is 13.1 Å². The minimum Gasteiger partial charge on any atom is -0.468 e. The van der Waals surface area contributed by atoms with Gasteiger partial charge >= 0.3 is 0 Å². The molecule has 0 fully saturated rings. The van der Waals surface area contributed by atoms with E-state index in [4.69, 9.17) is 16.0 Å². The molecule has 0 atom stereocenters. The van der Waals surface area contributed by atoms with Crippen LogP contribution in [0.5, 0.6) is 0 Å². The number of carbonyl (C=O) groups is 1. The van der Waals surface area contributed by atoms with Crippen molar-refractivity contribution in [1.29, 1.82) is 0 Å². The molecule has 29 heavy (non-hydrogen) atoms. The molecule has 0 spiro atoms. The number of nitrogens with zero attached hydrogens (tertiary/aromatic N) is 1. The van der Waals surface area contributed by atoms with Crippen LogP contribution in [0.1, 0.15) is 11.3 Å². The fourth-order valence-electron chi connectivity index (χ4n) is 2.65. The van der Waals surface area contributed by atoms with Crippen LogP contribution >= 0.6 is 11.6 Å². The largest absolute Gasteiger partial charge is 0.468 e. The molecule has 0 aliphatic heterocycles. The number of carbonyl (C=O) groups excluding carboxylic acids is 1. The molecule has 0 aliphatic rings. The van der Waals surface area contributed by atoms with E-state index < -0.39 is 33.2 Å². The Hall–Kier alpha value is -2.68.